The lowest BCUT2D eigenvalue weighted by Gasteiger charge is -2.35. The van der Waals surface area contributed by atoms with E-state index in [4.69, 9.17) is 9.47 Å². The summed E-state index contributed by atoms with van der Waals surface area (Å²) in [6.45, 7) is 1.88. The molecule has 0 amide bonds. The molecule has 21 heavy (non-hydrogen) atoms. The fraction of sp³-hybridized carbons (Fsp3) is 0.562. The first-order chi connectivity index (χ1) is 10.1. The molecule has 5 heteroatoms. The molecule has 1 unspecified atom stereocenters. The summed E-state index contributed by atoms with van der Waals surface area (Å²) < 4.78 is 11.0. The van der Waals surface area contributed by atoms with Gasteiger partial charge in [0.2, 0.25) is 0 Å². The molecule has 1 fully saturated rings. The van der Waals surface area contributed by atoms with Crippen LogP contribution in [-0.2, 0) is 16.1 Å². The number of benzene rings is 1. The molecule has 0 spiro atoms. The van der Waals surface area contributed by atoms with Gasteiger partial charge < -0.3 is 9.47 Å². The van der Waals surface area contributed by atoms with Gasteiger partial charge in [0.15, 0.2) is 0 Å². The Balaban J connectivity index is 2.04. The van der Waals surface area contributed by atoms with Gasteiger partial charge in [0.05, 0.1) is 25.1 Å². The van der Waals surface area contributed by atoms with Crippen LogP contribution in [0.2, 0.25) is 0 Å². The van der Waals surface area contributed by atoms with Crippen LogP contribution in [0.25, 0.3) is 0 Å². The number of hydrogen-bond acceptors (Lipinski definition) is 4. The second-order valence-corrected chi connectivity index (χ2v) is 6.22. The zero-order chi connectivity index (χ0) is 15.2. The number of rotatable bonds is 5. The molecule has 1 aromatic rings. The van der Waals surface area contributed by atoms with Crippen molar-refractivity contribution < 1.29 is 14.3 Å². The van der Waals surface area contributed by atoms with E-state index in [1.165, 1.54) is 25.5 Å². The predicted octanol–water partition coefficient (Wildman–Crippen LogP) is 3.38. The van der Waals surface area contributed by atoms with Gasteiger partial charge in [0.1, 0.15) is 5.75 Å². The number of carbonyl (C=O) groups is 1. The standard InChI is InChI=1S/C16H22BrNO3/c1-20-15-7-6-12(9-14(15)17)11-18-8-4-3-5-13(18)10-16(19)21-2/h6-7,9,13H,3-5,8,10-11H2,1-2H3. The van der Waals surface area contributed by atoms with Crippen molar-refractivity contribution in [1.82, 2.24) is 4.90 Å². The molecule has 0 aliphatic carbocycles. The van der Waals surface area contributed by atoms with Crippen LogP contribution in [0, 0.1) is 0 Å². The molecule has 0 N–H and O–H groups in total. The average Bonchev–Trinajstić information content (AvgIpc) is 2.49. The van der Waals surface area contributed by atoms with E-state index in [0.717, 1.165) is 29.7 Å². The van der Waals surface area contributed by atoms with Gasteiger partial charge in [0, 0.05) is 12.6 Å². The van der Waals surface area contributed by atoms with Crippen LogP contribution in [0.1, 0.15) is 31.2 Å². The summed E-state index contributed by atoms with van der Waals surface area (Å²) in [5.41, 5.74) is 1.22. The second kappa shape index (κ2) is 7.80. The fourth-order valence-corrected chi connectivity index (χ4v) is 3.41. The molecular formula is C16H22BrNO3. The number of halogens is 1. The average molecular weight is 356 g/mol. The first-order valence-corrected chi connectivity index (χ1v) is 8.06. The molecule has 1 aliphatic rings. The minimum Gasteiger partial charge on any atom is -0.496 e. The summed E-state index contributed by atoms with van der Waals surface area (Å²) in [7, 11) is 3.12. The summed E-state index contributed by atoms with van der Waals surface area (Å²) in [5.74, 6) is 0.714. The first kappa shape index (κ1) is 16.3. The molecule has 2 rings (SSSR count). The SMILES string of the molecule is COC(=O)CC1CCCCN1Cc1ccc(OC)c(Br)c1. The van der Waals surface area contributed by atoms with Crippen molar-refractivity contribution in [3.05, 3.63) is 28.2 Å². The monoisotopic (exact) mass is 355 g/mol. The molecule has 0 saturated carbocycles. The van der Waals surface area contributed by atoms with Crippen molar-refractivity contribution in [3.8, 4) is 5.75 Å². The Hall–Kier alpha value is -1.07. The third kappa shape index (κ3) is 4.45. The Labute approximate surface area is 134 Å². The lowest BCUT2D eigenvalue weighted by atomic mass is 9.98. The number of carbonyl (C=O) groups excluding carboxylic acids is 1. The van der Waals surface area contributed by atoms with Crippen molar-refractivity contribution in [2.75, 3.05) is 20.8 Å². The van der Waals surface area contributed by atoms with Crippen molar-refractivity contribution in [1.29, 1.82) is 0 Å². The van der Waals surface area contributed by atoms with Crippen molar-refractivity contribution >= 4 is 21.9 Å². The Morgan fingerprint density at radius 3 is 2.86 bits per heavy atom. The van der Waals surface area contributed by atoms with Gasteiger partial charge in [0.25, 0.3) is 0 Å². The van der Waals surface area contributed by atoms with E-state index in [9.17, 15) is 4.79 Å². The molecule has 1 heterocycles. The molecule has 1 aromatic carbocycles. The van der Waals surface area contributed by atoms with Gasteiger partial charge in [-0.1, -0.05) is 12.5 Å². The molecule has 0 bridgehead atoms. The second-order valence-electron chi connectivity index (χ2n) is 5.37. The summed E-state index contributed by atoms with van der Waals surface area (Å²) in [6.07, 6.45) is 3.92. The Bertz CT molecular complexity index is 492. The summed E-state index contributed by atoms with van der Waals surface area (Å²) in [5, 5.41) is 0. The molecular weight excluding hydrogens is 334 g/mol. The number of hydrogen-bond donors (Lipinski definition) is 0. The van der Waals surface area contributed by atoms with E-state index in [2.05, 4.69) is 33.0 Å². The number of methoxy groups -OCH3 is 2. The zero-order valence-electron chi connectivity index (χ0n) is 12.6. The molecule has 1 aliphatic heterocycles. The highest BCUT2D eigenvalue weighted by atomic mass is 79.9. The van der Waals surface area contributed by atoms with Crippen LogP contribution in [0.5, 0.6) is 5.75 Å². The van der Waals surface area contributed by atoms with Gasteiger partial charge in [-0.15, -0.1) is 0 Å². The Kier molecular flexibility index (Phi) is 6.06. The minimum atomic E-state index is -0.122. The topological polar surface area (TPSA) is 38.8 Å². The third-order valence-corrected chi connectivity index (χ3v) is 4.60. The fourth-order valence-electron chi connectivity index (χ4n) is 2.82. The van der Waals surface area contributed by atoms with Gasteiger partial charge in [-0.2, -0.15) is 0 Å². The molecule has 116 valence electrons. The maximum atomic E-state index is 11.5. The van der Waals surface area contributed by atoms with Gasteiger partial charge in [-0.3, -0.25) is 9.69 Å². The highest BCUT2D eigenvalue weighted by Gasteiger charge is 2.25. The van der Waals surface area contributed by atoms with Crippen molar-refractivity contribution in [3.63, 3.8) is 0 Å². The van der Waals surface area contributed by atoms with Gasteiger partial charge in [-0.05, 0) is 53.0 Å². The van der Waals surface area contributed by atoms with E-state index in [1.807, 2.05) is 6.07 Å². The lowest BCUT2D eigenvalue weighted by Crippen LogP contribution is -2.40. The molecule has 4 nitrogen and oxygen atoms in total. The molecule has 1 saturated heterocycles. The van der Waals surface area contributed by atoms with Crippen LogP contribution >= 0.6 is 15.9 Å². The largest absolute Gasteiger partial charge is 0.496 e. The first-order valence-electron chi connectivity index (χ1n) is 7.27. The van der Waals surface area contributed by atoms with E-state index in [0.29, 0.717) is 6.42 Å². The van der Waals surface area contributed by atoms with Crippen LogP contribution in [0.15, 0.2) is 22.7 Å². The molecule has 0 radical (unpaired) electrons. The van der Waals surface area contributed by atoms with E-state index in [-0.39, 0.29) is 12.0 Å². The number of esters is 1. The van der Waals surface area contributed by atoms with Crippen LogP contribution in [0.3, 0.4) is 0 Å². The number of likely N-dealkylation sites (tertiary alicyclic amines) is 1. The normalized spacial score (nSPS) is 19.3. The van der Waals surface area contributed by atoms with E-state index < -0.39 is 0 Å². The van der Waals surface area contributed by atoms with Gasteiger partial charge >= 0.3 is 5.97 Å². The summed E-state index contributed by atoms with van der Waals surface area (Å²) in [4.78, 5) is 13.9. The highest BCUT2D eigenvalue weighted by molar-refractivity contribution is 9.10. The van der Waals surface area contributed by atoms with E-state index in [1.54, 1.807) is 7.11 Å². The minimum absolute atomic E-state index is 0.122. The third-order valence-electron chi connectivity index (χ3n) is 3.98. The maximum absolute atomic E-state index is 11.5. The number of piperidine rings is 1. The smallest absolute Gasteiger partial charge is 0.307 e. The van der Waals surface area contributed by atoms with Crippen molar-refractivity contribution in [2.24, 2.45) is 0 Å². The molecule has 1 atom stereocenters. The van der Waals surface area contributed by atoms with Crippen LogP contribution < -0.4 is 4.74 Å². The quantitative estimate of drug-likeness (QED) is 0.759. The Morgan fingerprint density at radius 2 is 2.19 bits per heavy atom. The van der Waals surface area contributed by atoms with Gasteiger partial charge in [-0.25, -0.2) is 0 Å². The maximum Gasteiger partial charge on any atom is 0.307 e. The predicted molar refractivity (Wildman–Crippen MR) is 85.4 cm³/mol. The van der Waals surface area contributed by atoms with Crippen molar-refractivity contribution in [2.45, 2.75) is 38.3 Å². The number of nitrogens with zero attached hydrogens (tertiary/aromatic N) is 1. The lowest BCUT2D eigenvalue weighted by molar-refractivity contribution is -0.142. The molecule has 0 aromatic heterocycles. The highest BCUT2D eigenvalue weighted by Crippen LogP contribution is 2.28. The zero-order valence-corrected chi connectivity index (χ0v) is 14.2. The Morgan fingerprint density at radius 1 is 1.38 bits per heavy atom. The van der Waals surface area contributed by atoms with E-state index >= 15 is 0 Å². The van der Waals surface area contributed by atoms with Crippen LogP contribution in [0.4, 0.5) is 0 Å². The summed E-state index contributed by atoms with van der Waals surface area (Å²) >= 11 is 3.52. The summed E-state index contributed by atoms with van der Waals surface area (Å²) in [6, 6.07) is 6.42. The number of ether oxygens (including phenoxy) is 2. The van der Waals surface area contributed by atoms with Crippen LogP contribution in [-0.4, -0.2) is 37.7 Å².